The van der Waals surface area contributed by atoms with Gasteiger partial charge in [-0.3, -0.25) is 10.6 Å². The van der Waals surface area contributed by atoms with Crippen molar-refractivity contribution in [3.8, 4) is 0 Å². The van der Waals surface area contributed by atoms with Crippen LogP contribution in [0.1, 0.15) is 13.8 Å². The molecule has 0 saturated heterocycles. The summed E-state index contributed by atoms with van der Waals surface area (Å²) in [7, 11) is 0. The summed E-state index contributed by atoms with van der Waals surface area (Å²) in [6.07, 6.45) is 1.76. The van der Waals surface area contributed by atoms with Gasteiger partial charge in [-0.1, -0.05) is 11.8 Å². The zero-order valence-electron chi connectivity index (χ0n) is 5.88. The summed E-state index contributed by atoms with van der Waals surface area (Å²) in [6.45, 7) is 3.65. The number of nitrogens with one attached hydrogen (secondary N) is 1. The van der Waals surface area contributed by atoms with E-state index >= 15 is 0 Å². The summed E-state index contributed by atoms with van der Waals surface area (Å²) in [4.78, 5) is 0. The molecule has 0 aromatic heterocycles. The molecule has 0 saturated carbocycles. The Morgan fingerprint density at radius 3 is 2.22 bits per heavy atom. The minimum Gasteiger partial charge on any atom is -0.286 e. The smallest absolute Gasteiger partial charge is 0.180 e. The van der Waals surface area contributed by atoms with Gasteiger partial charge in [0.15, 0.2) is 5.17 Å². The van der Waals surface area contributed by atoms with E-state index in [1.54, 1.807) is 6.26 Å². The Bertz CT molecular complexity index is 105. The van der Waals surface area contributed by atoms with Crippen molar-refractivity contribution in [2.75, 3.05) is 6.26 Å². The second-order valence-corrected chi connectivity index (χ2v) is 2.74. The van der Waals surface area contributed by atoms with Crippen molar-refractivity contribution in [2.24, 2.45) is 0 Å². The number of amidine groups is 1. The van der Waals surface area contributed by atoms with Crippen molar-refractivity contribution in [2.45, 2.75) is 19.9 Å². The molecule has 0 fully saturated rings. The van der Waals surface area contributed by atoms with Gasteiger partial charge in [0.2, 0.25) is 0 Å². The molecule has 0 spiro atoms. The van der Waals surface area contributed by atoms with Crippen molar-refractivity contribution >= 4 is 16.9 Å². The van der Waals surface area contributed by atoms with Crippen molar-refractivity contribution in [1.29, 1.82) is 5.41 Å². The number of hydroxylamine groups is 2. The molecule has 0 rings (SSSR count). The summed E-state index contributed by atoms with van der Waals surface area (Å²) in [5.41, 5.74) is 0. The molecule has 0 atom stereocenters. The van der Waals surface area contributed by atoms with Gasteiger partial charge in [-0.15, -0.1) is 0 Å². The Morgan fingerprint density at radius 2 is 2.11 bits per heavy atom. The first-order valence-electron chi connectivity index (χ1n) is 2.70. The monoisotopic (exact) mass is 148 g/mol. The predicted molar refractivity (Wildman–Crippen MR) is 40.0 cm³/mol. The van der Waals surface area contributed by atoms with Crippen molar-refractivity contribution in [3.05, 3.63) is 0 Å². The fraction of sp³-hybridized carbons (Fsp3) is 0.800. The molecule has 9 heavy (non-hydrogen) atoms. The van der Waals surface area contributed by atoms with Crippen molar-refractivity contribution in [3.63, 3.8) is 0 Å². The standard InChI is InChI=1S/C5H12N2OS/c1-4(2)7(8)5(6)9-3/h4,6,8H,1-3H3. The molecular weight excluding hydrogens is 136 g/mol. The molecule has 0 radical (unpaired) electrons. The first-order valence-corrected chi connectivity index (χ1v) is 3.92. The highest BCUT2D eigenvalue weighted by atomic mass is 32.2. The molecule has 2 N–H and O–H groups in total. The van der Waals surface area contributed by atoms with Gasteiger partial charge in [0.05, 0.1) is 6.04 Å². The van der Waals surface area contributed by atoms with Gasteiger partial charge in [-0.25, -0.2) is 5.06 Å². The zero-order valence-corrected chi connectivity index (χ0v) is 6.70. The highest BCUT2D eigenvalue weighted by Crippen LogP contribution is 2.03. The number of hydrogen-bond donors (Lipinski definition) is 2. The molecular formula is C5H12N2OS. The maximum absolute atomic E-state index is 8.98. The van der Waals surface area contributed by atoms with Gasteiger partial charge in [0.25, 0.3) is 0 Å². The Balaban J connectivity index is 3.72. The van der Waals surface area contributed by atoms with Gasteiger partial charge in [0.1, 0.15) is 0 Å². The average Bonchev–Trinajstić information content (AvgIpc) is 1.84. The van der Waals surface area contributed by atoms with Crippen molar-refractivity contribution in [1.82, 2.24) is 5.06 Å². The second-order valence-electron chi connectivity index (χ2n) is 1.95. The van der Waals surface area contributed by atoms with Crippen LogP contribution in [-0.2, 0) is 0 Å². The van der Waals surface area contributed by atoms with E-state index in [-0.39, 0.29) is 11.2 Å². The molecule has 4 heteroatoms. The van der Waals surface area contributed by atoms with E-state index in [0.29, 0.717) is 0 Å². The lowest BCUT2D eigenvalue weighted by molar-refractivity contribution is -0.0389. The molecule has 0 aliphatic carbocycles. The lowest BCUT2D eigenvalue weighted by Gasteiger charge is -2.19. The number of thioether (sulfide) groups is 1. The molecule has 0 heterocycles. The van der Waals surface area contributed by atoms with E-state index in [2.05, 4.69) is 0 Å². The highest BCUT2D eigenvalue weighted by molar-refractivity contribution is 8.13. The molecule has 0 unspecified atom stereocenters. The Labute approximate surface area is 59.5 Å². The van der Waals surface area contributed by atoms with Gasteiger partial charge < -0.3 is 0 Å². The highest BCUT2D eigenvalue weighted by Gasteiger charge is 2.07. The van der Waals surface area contributed by atoms with Crippen LogP contribution in [0.2, 0.25) is 0 Å². The fourth-order valence-electron chi connectivity index (χ4n) is 0.328. The topological polar surface area (TPSA) is 47.3 Å². The summed E-state index contributed by atoms with van der Waals surface area (Å²) >= 11 is 1.22. The van der Waals surface area contributed by atoms with Crippen LogP contribution in [0.5, 0.6) is 0 Å². The van der Waals surface area contributed by atoms with Gasteiger partial charge in [-0.2, -0.15) is 0 Å². The van der Waals surface area contributed by atoms with E-state index in [1.807, 2.05) is 13.8 Å². The fourth-order valence-corrected chi connectivity index (χ4v) is 0.726. The molecule has 0 aromatic rings. The molecule has 54 valence electrons. The third-order valence-electron chi connectivity index (χ3n) is 0.891. The second kappa shape index (κ2) is 3.74. The van der Waals surface area contributed by atoms with Gasteiger partial charge >= 0.3 is 0 Å². The molecule has 0 bridgehead atoms. The normalized spacial score (nSPS) is 9.89. The lowest BCUT2D eigenvalue weighted by atomic mass is 10.4. The summed E-state index contributed by atoms with van der Waals surface area (Å²) in [6, 6.07) is -0.00931. The summed E-state index contributed by atoms with van der Waals surface area (Å²) in [5.74, 6) is 0. The maximum Gasteiger partial charge on any atom is 0.180 e. The Hall–Kier alpha value is -0.220. The Kier molecular flexibility index (Phi) is 3.65. The van der Waals surface area contributed by atoms with Crippen LogP contribution in [0.3, 0.4) is 0 Å². The summed E-state index contributed by atoms with van der Waals surface area (Å²) < 4.78 is 0. The largest absolute Gasteiger partial charge is 0.286 e. The number of hydrogen-bond acceptors (Lipinski definition) is 3. The van der Waals surface area contributed by atoms with Crippen LogP contribution in [0, 0.1) is 5.41 Å². The van der Waals surface area contributed by atoms with E-state index in [4.69, 9.17) is 10.6 Å². The Morgan fingerprint density at radius 1 is 1.67 bits per heavy atom. The first kappa shape index (κ1) is 8.78. The van der Waals surface area contributed by atoms with E-state index in [1.165, 1.54) is 11.8 Å². The summed E-state index contributed by atoms with van der Waals surface area (Å²) in [5, 5.41) is 17.2. The van der Waals surface area contributed by atoms with Crippen molar-refractivity contribution < 1.29 is 5.21 Å². The lowest BCUT2D eigenvalue weighted by Crippen LogP contribution is -2.30. The maximum atomic E-state index is 8.98. The van der Waals surface area contributed by atoms with Gasteiger partial charge in [-0.05, 0) is 20.1 Å². The van der Waals surface area contributed by atoms with Crippen LogP contribution < -0.4 is 0 Å². The molecule has 0 amide bonds. The third kappa shape index (κ3) is 2.72. The predicted octanol–water partition coefficient (Wildman–Crippen LogP) is 1.38. The van der Waals surface area contributed by atoms with Gasteiger partial charge in [0, 0.05) is 0 Å². The SMILES string of the molecule is CSC(=N)N(O)C(C)C. The number of nitrogens with zero attached hydrogens (tertiary/aromatic N) is 1. The molecule has 0 aliphatic rings. The van der Waals surface area contributed by atoms with E-state index < -0.39 is 0 Å². The minimum atomic E-state index is -0.00931. The van der Waals surface area contributed by atoms with Crippen LogP contribution in [-0.4, -0.2) is 27.7 Å². The molecule has 3 nitrogen and oxygen atoms in total. The van der Waals surface area contributed by atoms with Crippen LogP contribution in [0.25, 0.3) is 0 Å². The van der Waals surface area contributed by atoms with E-state index in [9.17, 15) is 0 Å². The third-order valence-corrected chi connectivity index (χ3v) is 1.46. The van der Waals surface area contributed by atoms with Crippen LogP contribution >= 0.6 is 11.8 Å². The quantitative estimate of drug-likeness (QED) is 0.335. The zero-order chi connectivity index (χ0) is 7.44. The number of rotatable bonds is 1. The molecule has 0 aromatic carbocycles. The average molecular weight is 148 g/mol. The molecule has 0 aliphatic heterocycles. The van der Waals surface area contributed by atoms with Crippen LogP contribution in [0.4, 0.5) is 0 Å². The minimum absolute atomic E-state index is 0.00931. The van der Waals surface area contributed by atoms with Crippen LogP contribution in [0.15, 0.2) is 0 Å². The van der Waals surface area contributed by atoms with E-state index in [0.717, 1.165) is 5.06 Å². The first-order chi connectivity index (χ1) is 4.09.